The van der Waals surface area contributed by atoms with E-state index in [0.29, 0.717) is 17.2 Å². The average molecular weight is 330 g/mol. The summed E-state index contributed by atoms with van der Waals surface area (Å²) in [7, 11) is 0. The molecular weight excluding hydrogens is 316 g/mol. The number of carboxylic acids is 1. The fourth-order valence-corrected chi connectivity index (χ4v) is 2.99. The number of aliphatic hydroxyl groups is 1. The number of rotatable bonds is 6. The van der Waals surface area contributed by atoms with Crippen LogP contribution in [0.15, 0.2) is 47.3 Å². The zero-order valence-electron chi connectivity index (χ0n) is 12.0. The number of aromatic carboxylic acids is 1. The second-order valence-electron chi connectivity index (χ2n) is 4.82. The van der Waals surface area contributed by atoms with Crippen LogP contribution in [0.2, 0.25) is 0 Å². The molecule has 0 fully saturated rings. The lowest BCUT2D eigenvalue weighted by molar-refractivity contribution is 0.0702. The molecule has 2 aromatic heterocycles. The number of anilines is 1. The van der Waals surface area contributed by atoms with Gasteiger partial charge < -0.3 is 19.9 Å². The molecule has 0 radical (unpaired) electrons. The molecular formula is C16H14N2O4S. The fraction of sp³-hybridized carbons (Fsp3) is 0.125. The standard InChI is InChI=1S/C16H14N2O4S/c19-8-10-5-11(1-3-13(10)14-7-17-9-22-14)18-6-12-2-4-15(23-12)16(20)21/h1-5,7,9,18-19H,6,8H2,(H,20,21). The molecule has 0 saturated carbocycles. The topological polar surface area (TPSA) is 95.6 Å². The highest BCUT2D eigenvalue weighted by Gasteiger charge is 2.10. The number of hydrogen-bond donors (Lipinski definition) is 3. The van der Waals surface area contributed by atoms with E-state index in [1.165, 1.54) is 17.7 Å². The lowest BCUT2D eigenvalue weighted by atomic mass is 10.1. The molecule has 6 nitrogen and oxygen atoms in total. The maximum Gasteiger partial charge on any atom is 0.345 e. The summed E-state index contributed by atoms with van der Waals surface area (Å²) in [4.78, 5) is 16.0. The number of oxazole rings is 1. The SMILES string of the molecule is O=C(O)c1ccc(CNc2ccc(-c3cnco3)c(CO)c2)s1. The van der Waals surface area contributed by atoms with Crippen LogP contribution >= 0.6 is 11.3 Å². The first kappa shape index (κ1) is 15.3. The molecule has 0 saturated heterocycles. The number of hydrogen-bond acceptors (Lipinski definition) is 6. The predicted molar refractivity (Wildman–Crippen MR) is 86.5 cm³/mol. The van der Waals surface area contributed by atoms with Crippen LogP contribution in [0.4, 0.5) is 5.69 Å². The Balaban J connectivity index is 1.74. The van der Waals surface area contributed by atoms with Crippen molar-refractivity contribution in [2.45, 2.75) is 13.2 Å². The Morgan fingerprint density at radius 1 is 1.30 bits per heavy atom. The van der Waals surface area contributed by atoms with E-state index < -0.39 is 5.97 Å². The average Bonchev–Trinajstić information content (AvgIpc) is 3.24. The van der Waals surface area contributed by atoms with Crippen LogP contribution in [0, 0.1) is 0 Å². The predicted octanol–water partition coefficient (Wildman–Crippen LogP) is 3.21. The van der Waals surface area contributed by atoms with Crippen molar-refractivity contribution in [2.75, 3.05) is 5.32 Å². The molecule has 0 amide bonds. The summed E-state index contributed by atoms with van der Waals surface area (Å²) in [5, 5.41) is 21.7. The largest absolute Gasteiger partial charge is 0.477 e. The van der Waals surface area contributed by atoms with E-state index in [4.69, 9.17) is 9.52 Å². The summed E-state index contributed by atoms with van der Waals surface area (Å²) in [6.45, 7) is 0.401. The van der Waals surface area contributed by atoms with Gasteiger partial charge in [-0.3, -0.25) is 0 Å². The first-order valence-electron chi connectivity index (χ1n) is 6.86. The van der Waals surface area contributed by atoms with Gasteiger partial charge in [0.05, 0.1) is 12.8 Å². The van der Waals surface area contributed by atoms with Crippen LogP contribution in [-0.4, -0.2) is 21.2 Å². The maximum atomic E-state index is 10.9. The first-order chi connectivity index (χ1) is 11.2. The number of carboxylic acid groups (broad SMARTS) is 1. The van der Waals surface area contributed by atoms with Gasteiger partial charge in [0.1, 0.15) is 4.88 Å². The molecule has 2 heterocycles. The Labute approximate surface area is 136 Å². The summed E-state index contributed by atoms with van der Waals surface area (Å²) in [6, 6.07) is 8.95. The zero-order valence-corrected chi connectivity index (χ0v) is 12.8. The van der Waals surface area contributed by atoms with Crippen LogP contribution in [-0.2, 0) is 13.2 Å². The molecule has 3 N–H and O–H groups in total. The van der Waals surface area contributed by atoms with Crippen molar-refractivity contribution < 1.29 is 19.4 Å². The van der Waals surface area contributed by atoms with Crippen LogP contribution in [0.5, 0.6) is 0 Å². The van der Waals surface area contributed by atoms with Crippen LogP contribution in [0.1, 0.15) is 20.1 Å². The minimum atomic E-state index is -0.916. The van der Waals surface area contributed by atoms with Gasteiger partial charge in [-0.2, -0.15) is 0 Å². The fourth-order valence-electron chi connectivity index (χ4n) is 2.20. The summed E-state index contributed by atoms with van der Waals surface area (Å²) >= 11 is 1.24. The minimum absolute atomic E-state index is 0.117. The highest BCUT2D eigenvalue weighted by Crippen LogP contribution is 2.27. The summed E-state index contributed by atoms with van der Waals surface area (Å²) in [6.07, 6.45) is 2.94. The van der Waals surface area contributed by atoms with Gasteiger partial charge in [0.15, 0.2) is 12.2 Å². The molecule has 23 heavy (non-hydrogen) atoms. The molecule has 0 aliphatic carbocycles. The van der Waals surface area contributed by atoms with Gasteiger partial charge in [-0.25, -0.2) is 9.78 Å². The third kappa shape index (κ3) is 3.41. The van der Waals surface area contributed by atoms with Gasteiger partial charge in [0.2, 0.25) is 0 Å². The van der Waals surface area contributed by atoms with Gasteiger partial charge in [-0.1, -0.05) is 0 Å². The molecule has 3 rings (SSSR count). The van der Waals surface area contributed by atoms with E-state index in [-0.39, 0.29) is 6.61 Å². The number of nitrogens with one attached hydrogen (secondary N) is 1. The maximum absolute atomic E-state index is 10.9. The van der Waals surface area contributed by atoms with E-state index in [1.807, 2.05) is 18.2 Å². The Morgan fingerprint density at radius 2 is 2.17 bits per heavy atom. The van der Waals surface area contributed by atoms with Crippen molar-refractivity contribution in [3.63, 3.8) is 0 Å². The number of nitrogens with zero attached hydrogens (tertiary/aromatic N) is 1. The van der Waals surface area contributed by atoms with Gasteiger partial charge >= 0.3 is 5.97 Å². The molecule has 1 aromatic carbocycles. The third-order valence-corrected chi connectivity index (χ3v) is 4.39. The first-order valence-corrected chi connectivity index (χ1v) is 7.67. The van der Waals surface area contributed by atoms with Gasteiger partial charge in [0.25, 0.3) is 0 Å². The number of carbonyl (C=O) groups is 1. The van der Waals surface area contributed by atoms with E-state index in [0.717, 1.165) is 21.7 Å². The highest BCUT2D eigenvalue weighted by atomic mass is 32.1. The molecule has 0 aliphatic heterocycles. The monoisotopic (exact) mass is 330 g/mol. The van der Waals surface area contributed by atoms with E-state index in [1.54, 1.807) is 18.3 Å². The van der Waals surface area contributed by atoms with Gasteiger partial charge in [0, 0.05) is 22.7 Å². The highest BCUT2D eigenvalue weighted by molar-refractivity contribution is 7.13. The van der Waals surface area contributed by atoms with Crippen molar-refractivity contribution in [3.05, 3.63) is 58.2 Å². The lowest BCUT2D eigenvalue weighted by Gasteiger charge is -2.09. The van der Waals surface area contributed by atoms with Crippen LogP contribution in [0.25, 0.3) is 11.3 Å². The molecule has 7 heteroatoms. The number of aromatic nitrogens is 1. The second-order valence-corrected chi connectivity index (χ2v) is 5.99. The lowest BCUT2D eigenvalue weighted by Crippen LogP contribution is -1.99. The Morgan fingerprint density at radius 3 is 2.83 bits per heavy atom. The summed E-state index contributed by atoms with van der Waals surface area (Å²) in [5.41, 5.74) is 2.35. The number of thiophene rings is 1. The molecule has 0 aliphatic rings. The van der Waals surface area contributed by atoms with Gasteiger partial charge in [-0.15, -0.1) is 11.3 Å². The third-order valence-electron chi connectivity index (χ3n) is 3.31. The quantitative estimate of drug-likeness (QED) is 0.642. The Bertz CT molecular complexity index is 811. The normalized spacial score (nSPS) is 10.7. The summed E-state index contributed by atoms with van der Waals surface area (Å²) in [5.74, 6) is -0.315. The second kappa shape index (κ2) is 6.64. The smallest absolute Gasteiger partial charge is 0.345 e. The zero-order chi connectivity index (χ0) is 16.2. The van der Waals surface area contributed by atoms with Crippen LogP contribution in [0.3, 0.4) is 0 Å². The Hall–Kier alpha value is -2.64. The molecule has 0 spiro atoms. The van der Waals surface area contributed by atoms with Crippen molar-refractivity contribution in [3.8, 4) is 11.3 Å². The molecule has 0 atom stereocenters. The molecule has 3 aromatic rings. The van der Waals surface area contributed by atoms with Crippen molar-refractivity contribution in [2.24, 2.45) is 0 Å². The number of benzene rings is 1. The van der Waals surface area contributed by atoms with Crippen molar-refractivity contribution in [1.82, 2.24) is 4.98 Å². The molecule has 0 bridgehead atoms. The van der Waals surface area contributed by atoms with Gasteiger partial charge in [-0.05, 0) is 35.9 Å². The summed E-state index contributed by atoms with van der Waals surface area (Å²) < 4.78 is 5.26. The molecule has 0 unspecified atom stereocenters. The van der Waals surface area contributed by atoms with Crippen molar-refractivity contribution >= 4 is 23.0 Å². The van der Waals surface area contributed by atoms with E-state index >= 15 is 0 Å². The van der Waals surface area contributed by atoms with E-state index in [9.17, 15) is 9.90 Å². The minimum Gasteiger partial charge on any atom is -0.477 e. The molecule has 118 valence electrons. The van der Waals surface area contributed by atoms with Crippen molar-refractivity contribution in [1.29, 1.82) is 0 Å². The van der Waals surface area contributed by atoms with E-state index in [2.05, 4.69) is 10.3 Å². The van der Waals surface area contributed by atoms with Crippen LogP contribution < -0.4 is 5.32 Å². The number of aliphatic hydroxyl groups excluding tert-OH is 1. The Kier molecular flexibility index (Phi) is 4.40.